The first-order chi connectivity index (χ1) is 5.70. The molecule has 4 nitrogen and oxygen atoms in total. The van der Waals surface area contributed by atoms with Crippen LogP contribution in [-0.2, 0) is 4.79 Å². The van der Waals surface area contributed by atoms with Crippen molar-refractivity contribution in [2.45, 2.75) is 13.0 Å². The standard InChI is InChI=1S/C8H10N2O2/c1-6(11)8(12)10-7-3-2-4-9-5-7/h2-6,11H,1H3,(H,10,12)/t6-/m0/s1. The van der Waals surface area contributed by atoms with E-state index >= 15 is 0 Å². The normalized spacial score (nSPS) is 12.2. The van der Waals surface area contributed by atoms with E-state index in [2.05, 4.69) is 10.3 Å². The topological polar surface area (TPSA) is 62.2 Å². The lowest BCUT2D eigenvalue weighted by Gasteiger charge is -2.05. The molecule has 0 radical (unpaired) electrons. The van der Waals surface area contributed by atoms with Gasteiger partial charge in [-0.15, -0.1) is 0 Å². The number of hydrogen-bond donors (Lipinski definition) is 2. The average molecular weight is 166 g/mol. The van der Waals surface area contributed by atoms with E-state index in [9.17, 15) is 4.79 Å². The molecule has 0 aliphatic heterocycles. The number of aromatic nitrogens is 1. The van der Waals surface area contributed by atoms with Crippen LogP contribution in [0.2, 0.25) is 0 Å². The van der Waals surface area contributed by atoms with Crippen molar-refractivity contribution in [1.82, 2.24) is 4.98 Å². The Morgan fingerprint density at radius 2 is 2.50 bits per heavy atom. The second-order valence-corrected chi connectivity index (χ2v) is 2.41. The summed E-state index contributed by atoms with van der Waals surface area (Å²) in [6.45, 7) is 1.41. The molecular weight excluding hydrogens is 156 g/mol. The Hall–Kier alpha value is -1.42. The van der Waals surface area contributed by atoms with Crippen LogP contribution in [0.1, 0.15) is 6.92 Å². The van der Waals surface area contributed by atoms with Gasteiger partial charge in [-0.25, -0.2) is 0 Å². The maximum Gasteiger partial charge on any atom is 0.252 e. The van der Waals surface area contributed by atoms with Crippen LogP contribution < -0.4 is 5.32 Å². The summed E-state index contributed by atoms with van der Waals surface area (Å²) in [6.07, 6.45) is 2.13. The zero-order chi connectivity index (χ0) is 8.97. The van der Waals surface area contributed by atoms with E-state index in [1.54, 1.807) is 18.3 Å². The monoisotopic (exact) mass is 166 g/mol. The molecule has 4 heteroatoms. The molecule has 12 heavy (non-hydrogen) atoms. The maximum absolute atomic E-state index is 10.9. The van der Waals surface area contributed by atoms with Gasteiger partial charge in [0.1, 0.15) is 6.10 Å². The minimum atomic E-state index is -0.995. The van der Waals surface area contributed by atoms with E-state index in [1.165, 1.54) is 13.1 Å². The molecule has 0 unspecified atom stereocenters. The Kier molecular flexibility index (Phi) is 2.76. The zero-order valence-electron chi connectivity index (χ0n) is 6.69. The molecule has 1 rings (SSSR count). The molecule has 1 atom stereocenters. The third-order valence-electron chi connectivity index (χ3n) is 1.31. The molecule has 0 aliphatic rings. The molecule has 1 aromatic heterocycles. The Morgan fingerprint density at radius 1 is 1.75 bits per heavy atom. The summed E-state index contributed by atoms with van der Waals surface area (Å²) in [5, 5.41) is 11.3. The summed E-state index contributed by atoms with van der Waals surface area (Å²) in [6, 6.07) is 3.41. The number of carbonyl (C=O) groups excluding carboxylic acids is 1. The number of pyridine rings is 1. The smallest absolute Gasteiger partial charge is 0.252 e. The van der Waals surface area contributed by atoms with Gasteiger partial charge < -0.3 is 10.4 Å². The average Bonchev–Trinajstić information content (AvgIpc) is 2.06. The minimum absolute atomic E-state index is 0.428. The van der Waals surface area contributed by atoms with Crippen LogP contribution >= 0.6 is 0 Å². The van der Waals surface area contributed by atoms with Gasteiger partial charge in [-0.05, 0) is 19.1 Å². The largest absolute Gasteiger partial charge is 0.384 e. The quantitative estimate of drug-likeness (QED) is 0.668. The summed E-state index contributed by atoms with van der Waals surface area (Å²) in [5.41, 5.74) is 0.586. The fourth-order valence-electron chi connectivity index (χ4n) is 0.683. The van der Waals surface area contributed by atoms with Crippen LogP contribution in [0.3, 0.4) is 0 Å². The molecular formula is C8H10N2O2. The molecule has 0 saturated heterocycles. The fourth-order valence-corrected chi connectivity index (χ4v) is 0.683. The van der Waals surface area contributed by atoms with E-state index in [0.29, 0.717) is 5.69 Å². The van der Waals surface area contributed by atoms with Crippen LogP contribution in [0.4, 0.5) is 5.69 Å². The Labute approximate surface area is 70.3 Å². The van der Waals surface area contributed by atoms with E-state index in [1.807, 2.05) is 0 Å². The fraction of sp³-hybridized carbons (Fsp3) is 0.250. The van der Waals surface area contributed by atoms with Crippen molar-refractivity contribution in [1.29, 1.82) is 0 Å². The van der Waals surface area contributed by atoms with Gasteiger partial charge in [0, 0.05) is 6.20 Å². The van der Waals surface area contributed by atoms with Crippen molar-refractivity contribution in [2.75, 3.05) is 5.32 Å². The molecule has 0 aromatic carbocycles. The number of aliphatic hydroxyl groups is 1. The minimum Gasteiger partial charge on any atom is -0.384 e. The first-order valence-electron chi connectivity index (χ1n) is 3.59. The molecule has 0 saturated carbocycles. The van der Waals surface area contributed by atoms with Crippen molar-refractivity contribution in [3.8, 4) is 0 Å². The second-order valence-electron chi connectivity index (χ2n) is 2.41. The number of rotatable bonds is 2. The van der Waals surface area contributed by atoms with Crippen LogP contribution in [0.5, 0.6) is 0 Å². The second kappa shape index (κ2) is 3.82. The summed E-state index contributed by atoms with van der Waals surface area (Å²) < 4.78 is 0. The number of nitrogens with zero attached hydrogens (tertiary/aromatic N) is 1. The SMILES string of the molecule is C[C@H](O)C(=O)Nc1cccnc1. The summed E-state index contributed by atoms with van der Waals surface area (Å²) in [4.78, 5) is 14.7. The number of nitrogens with one attached hydrogen (secondary N) is 1. The summed E-state index contributed by atoms with van der Waals surface area (Å²) in [5.74, 6) is -0.428. The number of amides is 1. The lowest BCUT2D eigenvalue weighted by Crippen LogP contribution is -2.24. The first-order valence-corrected chi connectivity index (χ1v) is 3.59. The van der Waals surface area contributed by atoms with Crippen molar-refractivity contribution in [2.24, 2.45) is 0 Å². The van der Waals surface area contributed by atoms with Gasteiger partial charge in [0.2, 0.25) is 0 Å². The van der Waals surface area contributed by atoms with E-state index in [-0.39, 0.29) is 0 Å². The van der Waals surface area contributed by atoms with E-state index in [0.717, 1.165) is 0 Å². The summed E-state index contributed by atoms with van der Waals surface area (Å²) >= 11 is 0. The third kappa shape index (κ3) is 2.32. The van der Waals surface area contributed by atoms with E-state index in [4.69, 9.17) is 5.11 Å². The molecule has 2 N–H and O–H groups in total. The van der Waals surface area contributed by atoms with Crippen LogP contribution in [-0.4, -0.2) is 22.1 Å². The van der Waals surface area contributed by atoms with Gasteiger partial charge in [0.25, 0.3) is 5.91 Å². The Morgan fingerprint density at radius 3 is 3.00 bits per heavy atom. The number of hydrogen-bond acceptors (Lipinski definition) is 3. The molecule has 1 aromatic rings. The lowest BCUT2D eigenvalue weighted by molar-refractivity contribution is -0.123. The van der Waals surface area contributed by atoms with Gasteiger partial charge >= 0.3 is 0 Å². The zero-order valence-corrected chi connectivity index (χ0v) is 6.69. The number of carbonyl (C=O) groups is 1. The predicted octanol–water partition coefficient (Wildman–Crippen LogP) is 0.401. The van der Waals surface area contributed by atoms with Gasteiger partial charge in [0.05, 0.1) is 11.9 Å². The molecule has 0 fully saturated rings. The van der Waals surface area contributed by atoms with E-state index < -0.39 is 12.0 Å². The predicted molar refractivity (Wildman–Crippen MR) is 44.5 cm³/mol. The van der Waals surface area contributed by atoms with Gasteiger partial charge in [0.15, 0.2) is 0 Å². The van der Waals surface area contributed by atoms with Crippen LogP contribution in [0.25, 0.3) is 0 Å². The highest BCUT2D eigenvalue weighted by Crippen LogP contribution is 2.02. The number of anilines is 1. The molecule has 1 amide bonds. The molecule has 64 valence electrons. The third-order valence-corrected chi connectivity index (χ3v) is 1.31. The van der Waals surface area contributed by atoms with Gasteiger partial charge in [-0.2, -0.15) is 0 Å². The maximum atomic E-state index is 10.9. The highest BCUT2D eigenvalue weighted by molar-refractivity contribution is 5.93. The molecule has 0 bridgehead atoms. The molecule has 0 aliphatic carbocycles. The molecule has 0 spiro atoms. The first kappa shape index (κ1) is 8.67. The Bertz CT molecular complexity index is 259. The number of aliphatic hydroxyl groups excluding tert-OH is 1. The Balaban J connectivity index is 2.59. The summed E-state index contributed by atoms with van der Waals surface area (Å²) in [7, 11) is 0. The van der Waals surface area contributed by atoms with Gasteiger partial charge in [-0.1, -0.05) is 0 Å². The van der Waals surface area contributed by atoms with Crippen LogP contribution in [0.15, 0.2) is 24.5 Å². The highest BCUT2D eigenvalue weighted by atomic mass is 16.3. The highest BCUT2D eigenvalue weighted by Gasteiger charge is 2.07. The van der Waals surface area contributed by atoms with Crippen molar-refractivity contribution in [3.05, 3.63) is 24.5 Å². The molecule has 1 heterocycles. The van der Waals surface area contributed by atoms with Crippen molar-refractivity contribution >= 4 is 11.6 Å². The van der Waals surface area contributed by atoms with Crippen LogP contribution in [0, 0.1) is 0 Å². The van der Waals surface area contributed by atoms with Crippen molar-refractivity contribution in [3.63, 3.8) is 0 Å². The van der Waals surface area contributed by atoms with Crippen molar-refractivity contribution < 1.29 is 9.90 Å². The van der Waals surface area contributed by atoms with Gasteiger partial charge in [-0.3, -0.25) is 9.78 Å². The lowest BCUT2D eigenvalue weighted by atomic mass is 10.3.